The van der Waals surface area contributed by atoms with Gasteiger partial charge in [-0.3, -0.25) is 14.3 Å². The van der Waals surface area contributed by atoms with Crippen LogP contribution in [0.15, 0.2) is 53.3 Å². The molecule has 0 unspecified atom stereocenters. The van der Waals surface area contributed by atoms with Crippen LogP contribution in [0.4, 0.5) is 0 Å². The number of aromatic nitrogens is 2. The van der Waals surface area contributed by atoms with E-state index in [9.17, 15) is 4.79 Å². The van der Waals surface area contributed by atoms with Crippen LogP contribution in [-0.4, -0.2) is 40.2 Å². The molecule has 0 amide bonds. The van der Waals surface area contributed by atoms with E-state index in [1.807, 2.05) is 55.5 Å². The summed E-state index contributed by atoms with van der Waals surface area (Å²) in [7, 11) is 0. The largest absolute Gasteiger partial charge is 0.489 e. The lowest BCUT2D eigenvalue weighted by atomic mass is 9.86. The van der Waals surface area contributed by atoms with Crippen molar-refractivity contribution in [1.82, 2.24) is 14.5 Å². The molecule has 2 aromatic carbocycles. The SMILES string of the molecule is CCn1c(-c2ccccc2)nc2ccc(O[C@H]3CN4CCC3CC4)cc2c1=O. The van der Waals surface area contributed by atoms with Gasteiger partial charge in [0.25, 0.3) is 5.56 Å². The van der Waals surface area contributed by atoms with Gasteiger partial charge < -0.3 is 4.74 Å². The Kier molecular flexibility index (Phi) is 4.40. The molecule has 1 atom stereocenters. The topological polar surface area (TPSA) is 47.4 Å². The summed E-state index contributed by atoms with van der Waals surface area (Å²) in [5.41, 5.74) is 1.66. The molecule has 3 aliphatic rings. The number of hydrogen-bond acceptors (Lipinski definition) is 4. The van der Waals surface area contributed by atoms with Gasteiger partial charge in [0.05, 0.1) is 10.9 Å². The molecule has 0 spiro atoms. The van der Waals surface area contributed by atoms with E-state index in [0.29, 0.717) is 23.7 Å². The molecule has 6 rings (SSSR count). The fraction of sp³-hybridized carbons (Fsp3) is 0.391. The van der Waals surface area contributed by atoms with Crippen LogP contribution in [0, 0.1) is 5.92 Å². The van der Waals surface area contributed by atoms with Crippen molar-refractivity contribution in [1.29, 1.82) is 0 Å². The second kappa shape index (κ2) is 7.06. The van der Waals surface area contributed by atoms with Crippen molar-refractivity contribution < 1.29 is 4.74 Å². The molecule has 0 N–H and O–H groups in total. The summed E-state index contributed by atoms with van der Waals surface area (Å²) in [5.74, 6) is 2.12. The number of benzene rings is 2. The van der Waals surface area contributed by atoms with Crippen LogP contribution in [0.2, 0.25) is 0 Å². The van der Waals surface area contributed by atoms with E-state index >= 15 is 0 Å². The number of piperidine rings is 3. The predicted molar refractivity (Wildman–Crippen MR) is 111 cm³/mol. The lowest BCUT2D eigenvalue weighted by molar-refractivity contribution is -0.00769. The van der Waals surface area contributed by atoms with Gasteiger partial charge in [-0.2, -0.15) is 0 Å². The predicted octanol–water partition coefficient (Wildman–Crippen LogP) is 3.56. The van der Waals surface area contributed by atoms with Gasteiger partial charge in [-0.25, -0.2) is 4.98 Å². The van der Waals surface area contributed by atoms with Crippen LogP contribution < -0.4 is 10.3 Å². The molecule has 144 valence electrons. The van der Waals surface area contributed by atoms with Crippen LogP contribution in [0.5, 0.6) is 5.75 Å². The van der Waals surface area contributed by atoms with E-state index in [0.717, 1.165) is 23.4 Å². The smallest absolute Gasteiger partial charge is 0.261 e. The quantitative estimate of drug-likeness (QED) is 0.700. The molecule has 3 aliphatic heterocycles. The number of rotatable bonds is 4. The van der Waals surface area contributed by atoms with Crippen LogP contribution in [-0.2, 0) is 6.54 Å². The first-order valence-corrected chi connectivity index (χ1v) is 10.2. The van der Waals surface area contributed by atoms with Crippen LogP contribution >= 0.6 is 0 Å². The van der Waals surface area contributed by atoms with Gasteiger partial charge in [0.2, 0.25) is 0 Å². The summed E-state index contributed by atoms with van der Waals surface area (Å²) >= 11 is 0. The number of nitrogens with zero attached hydrogens (tertiary/aromatic N) is 3. The van der Waals surface area contributed by atoms with Crippen molar-refractivity contribution in [2.24, 2.45) is 5.92 Å². The highest BCUT2D eigenvalue weighted by Crippen LogP contribution is 2.31. The number of ether oxygens (including phenoxy) is 1. The zero-order valence-electron chi connectivity index (χ0n) is 16.2. The molecule has 4 heterocycles. The van der Waals surface area contributed by atoms with E-state index in [1.165, 1.54) is 25.9 Å². The first-order valence-electron chi connectivity index (χ1n) is 10.2. The van der Waals surface area contributed by atoms with Gasteiger partial charge in [0.15, 0.2) is 0 Å². The third-order valence-corrected chi connectivity index (χ3v) is 6.16. The second-order valence-electron chi connectivity index (χ2n) is 7.82. The molecular formula is C23H25N3O2. The molecule has 0 aliphatic carbocycles. The van der Waals surface area contributed by atoms with Gasteiger partial charge >= 0.3 is 0 Å². The first kappa shape index (κ1) is 17.4. The molecule has 0 saturated carbocycles. The Morgan fingerprint density at radius 2 is 1.89 bits per heavy atom. The van der Waals surface area contributed by atoms with E-state index < -0.39 is 0 Å². The van der Waals surface area contributed by atoms with Crippen molar-refractivity contribution in [3.05, 3.63) is 58.9 Å². The van der Waals surface area contributed by atoms with Crippen molar-refractivity contribution in [3.63, 3.8) is 0 Å². The second-order valence-corrected chi connectivity index (χ2v) is 7.82. The minimum atomic E-state index is -0.00859. The maximum atomic E-state index is 13.2. The zero-order chi connectivity index (χ0) is 19.1. The van der Waals surface area contributed by atoms with Gasteiger partial charge in [-0.1, -0.05) is 30.3 Å². The minimum absolute atomic E-state index is 0.00859. The molecule has 5 nitrogen and oxygen atoms in total. The van der Waals surface area contributed by atoms with Crippen LogP contribution in [0.3, 0.4) is 0 Å². The fourth-order valence-electron chi connectivity index (χ4n) is 4.59. The van der Waals surface area contributed by atoms with Crippen LogP contribution in [0.25, 0.3) is 22.3 Å². The Hall–Kier alpha value is -2.66. The minimum Gasteiger partial charge on any atom is -0.489 e. The van der Waals surface area contributed by atoms with Gasteiger partial charge in [0.1, 0.15) is 17.7 Å². The van der Waals surface area contributed by atoms with Gasteiger partial charge in [-0.15, -0.1) is 0 Å². The fourth-order valence-corrected chi connectivity index (χ4v) is 4.59. The molecule has 5 heteroatoms. The average molecular weight is 375 g/mol. The van der Waals surface area contributed by atoms with Crippen molar-refractivity contribution >= 4 is 10.9 Å². The Bertz CT molecular complexity index is 1050. The van der Waals surface area contributed by atoms with Crippen LogP contribution in [0.1, 0.15) is 19.8 Å². The standard InChI is InChI=1S/C23H25N3O2/c1-2-26-22(17-6-4-3-5-7-17)24-20-9-8-18(14-19(20)23(26)27)28-21-15-25-12-10-16(21)11-13-25/h3-9,14,16,21H,2,10-13,15H2,1H3/t21-/m0/s1. The maximum Gasteiger partial charge on any atom is 0.261 e. The highest BCUT2D eigenvalue weighted by molar-refractivity contribution is 5.81. The molecule has 3 aromatic rings. The molecule has 3 saturated heterocycles. The monoisotopic (exact) mass is 375 g/mol. The highest BCUT2D eigenvalue weighted by atomic mass is 16.5. The summed E-state index contributed by atoms with van der Waals surface area (Å²) in [4.78, 5) is 20.5. The summed E-state index contributed by atoms with van der Waals surface area (Å²) in [6, 6.07) is 15.6. The third kappa shape index (κ3) is 3.00. The van der Waals surface area contributed by atoms with Gasteiger partial charge in [-0.05, 0) is 57.0 Å². The van der Waals surface area contributed by atoms with E-state index in [1.54, 1.807) is 4.57 Å². The van der Waals surface area contributed by atoms with E-state index in [2.05, 4.69) is 4.90 Å². The Morgan fingerprint density at radius 3 is 2.57 bits per heavy atom. The molecular weight excluding hydrogens is 350 g/mol. The zero-order valence-corrected chi connectivity index (χ0v) is 16.2. The van der Waals surface area contributed by atoms with E-state index in [4.69, 9.17) is 9.72 Å². The Labute approximate surface area is 164 Å². The summed E-state index contributed by atoms with van der Waals surface area (Å²) < 4.78 is 8.07. The number of hydrogen-bond donors (Lipinski definition) is 0. The summed E-state index contributed by atoms with van der Waals surface area (Å²) in [6.07, 6.45) is 2.65. The normalized spacial score (nSPS) is 23.8. The Balaban J connectivity index is 1.53. The van der Waals surface area contributed by atoms with E-state index in [-0.39, 0.29) is 11.7 Å². The Morgan fingerprint density at radius 1 is 1.11 bits per heavy atom. The molecule has 0 radical (unpaired) electrons. The van der Waals surface area contributed by atoms with Crippen molar-refractivity contribution in [3.8, 4) is 17.1 Å². The molecule has 3 fully saturated rings. The molecule has 28 heavy (non-hydrogen) atoms. The maximum absolute atomic E-state index is 13.2. The van der Waals surface area contributed by atoms with Crippen molar-refractivity contribution in [2.45, 2.75) is 32.4 Å². The number of fused-ring (bicyclic) bond motifs is 4. The lowest BCUT2D eigenvalue weighted by Gasteiger charge is -2.44. The van der Waals surface area contributed by atoms with Gasteiger partial charge in [0, 0.05) is 18.7 Å². The highest BCUT2D eigenvalue weighted by Gasteiger charge is 2.35. The summed E-state index contributed by atoms with van der Waals surface area (Å²) in [5, 5.41) is 0.625. The molecule has 1 aromatic heterocycles. The third-order valence-electron chi connectivity index (χ3n) is 6.16. The lowest BCUT2D eigenvalue weighted by Crippen LogP contribution is -2.52. The first-order chi connectivity index (χ1) is 13.7. The van der Waals surface area contributed by atoms with Crippen molar-refractivity contribution in [2.75, 3.05) is 19.6 Å². The summed E-state index contributed by atoms with van der Waals surface area (Å²) in [6.45, 7) is 5.93. The average Bonchev–Trinajstić information content (AvgIpc) is 2.75. The molecule has 2 bridgehead atoms.